The summed E-state index contributed by atoms with van der Waals surface area (Å²) in [6.45, 7) is -0.705. The third kappa shape index (κ3) is 255. The molecule has 0 aliphatic heterocycles. The Hall–Kier alpha value is -1.31. The Morgan fingerprint density at radius 1 is 0.452 bits per heavy atom. The van der Waals surface area contributed by atoms with E-state index in [2.05, 4.69) is 0 Å². The maximum absolute atomic E-state index is 10.0. The molecule has 0 aliphatic rings. The molecule has 0 saturated heterocycles. The van der Waals surface area contributed by atoms with Crippen molar-refractivity contribution in [2.24, 2.45) is 5.73 Å². The summed E-state index contributed by atoms with van der Waals surface area (Å²) >= 11 is 0. The van der Waals surface area contributed by atoms with Crippen molar-refractivity contribution >= 4 is 68.7 Å². The average Bonchev–Trinajstić information content (AvgIpc) is 2.57. The smallest absolute Gasteiger partial charge is 0.394 e. The molecule has 30 nitrogen and oxygen atoms in total. The Morgan fingerprint density at radius 3 is 0.690 bits per heavy atom. The maximum atomic E-state index is 10.0. The van der Waals surface area contributed by atoms with Gasteiger partial charge >= 0.3 is 62.4 Å². The minimum Gasteiger partial charge on any atom is -0.394 e. The zero-order valence-electron chi connectivity index (χ0n) is 19.1. The first-order valence-corrected chi connectivity index (χ1v) is 16.0. The van der Waals surface area contributed by atoms with Gasteiger partial charge in [-0.3, -0.25) is 54.6 Å². The number of carbonyl (C=O) groups is 1. The van der Waals surface area contributed by atoms with Gasteiger partial charge in [-0.05, 0) is 0 Å². The van der Waals surface area contributed by atoms with Crippen molar-refractivity contribution in [1.82, 2.24) is 0 Å². The van der Waals surface area contributed by atoms with Crippen LogP contribution in [0, 0.1) is 0 Å². The van der Waals surface area contributed by atoms with E-state index in [4.69, 9.17) is 131 Å². The normalized spacial score (nSPS) is 14.3. The molecule has 0 unspecified atom stereocenters. The Morgan fingerprint density at radius 2 is 0.595 bits per heavy atom. The minimum atomic E-state index is -4.67. The minimum absolute atomic E-state index is 0.248. The molecule has 0 saturated carbocycles. The van der Waals surface area contributed by atoms with E-state index in [1.807, 2.05) is 0 Å². The molecule has 0 amide bonds. The Kier molecular flexibility index (Phi) is 33.7. The largest absolute Gasteiger partial charge is 0.394 e. The Balaban J connectivity index is -0.0000000711. The SMILES string of the molecule is N[C@@H](C=O)[C@@H](O)[C@@H](O)[C@H](O)CO.O=S(=O)(O)O.O=S(=O)(O)O.O=S(=O)(O)O.O=S(=O)(O)O.O=S(=O)(O)O.O=S(=O)(O)O. The van der Waals surface area contributed by atoms with Crippen LogP contribution in [0.3, 0.4) is 0 Å². The lowest BCUT2D eigenvalue weighted by molar-refractivity contribution is -0.118. The van der Waals surface area contributed by atoms with Crippen molar-refractivity contribution in [3.05, 3.63) is 0 Å². The molecule has 0 aromatic carbocycles. The topological polar surface area (TPSA) is 572 Å². The summed E-state index contributed by atoms with van der Waals surface area (Å²) in [5.41, 5.74) is 5.04. The molecule has 0 fully saturated rings. The van der Waals surface area contributed by atoms with E-state index in [1.54, 1.807) is 0 Å². The van der Waals surface area contributed by atoms with Gasteiger partial charge in [-0.25, -0.2) is 0 Å². The van der Waals surface area contributed by atoms with Crippen LogP contribution in [0.15, 0.2) is 0 Å². The van der Waals surface area contributed by atoms with E-state index >= 15 is 0 Å². The summed E-state index contributed by atoms with van der Waals surface area (Å²) in [4.78, 5) is 10.0. The number of rotatable bonds is 5. The summed E-state index contributed by atoms with van der Waals surface area (Å²) in [5.74, 6) is 0. The zero-order valence-corrected chi connectivity index (χ0v) is 24.0. The van der Waals surface area contributed by atoms with Gasteiger partial charge in [-0.15, -0.1) is 0 Å². The van der Waals surface area contributed by atoms with E-state index < -0.39 is 93.4 Å². The van der Waals surface area contributed by atoms with Crippen molar-refractivity contribution in [1.29, 1.82) is 0 Å². The number of aldehydes is 1. The second-order valence-corrected chi connectivity index (χ2v) is 10.5. The van der Waals surface area contributed by atoms with Gasteiger partial charge < -0.3 is 31.0 Å². The van der Waals surface area contributed by atoms with E-state index in [0.29, 0.717) is 0 Å². The molecule has 0 aromatic rings. The lowest BCUT2D eigenvalue weighted by Crippen LogP contribution is -2.49. The molecule has 0 heterocycles. The highest BCUT2D eigenvalue weighted by Gasteiger charge is 2.28. The second-order valence-electron chi connectivity index (χ2n) is 5.13. The summed E-state index contributed by atoms with van der Waals surface area (Å²) in [5, 5.41) is 35.2. The fourth-order valence-electron chi connectivity index (χ4n) is 0.644. The van der Waals surface area contributed by atoms with Crippen LogP contribution in [0.25, 0.3) is 0 Å². The van der Waals surface area contributed by atoms with E-state index in [9.17, 15) is 4.79 Å². The highest BCUT2D eigenvalue weighted by atomic mass is 32.3. The highest BCUT2D eigenvalue weighted by Crippen LogP contribution is 2.01. The molecule has 0 aliphatic carbocycles. The van der Waals surface area contributed by atoms with Crippen molar-refractivity contribution in [2.45, 2.75) is 24.4 Å². The molecular formula is C6H25NO29S6. The molecule has 0 bridgehead atoms. The van der Waals surface area contributed by atoms with Gasteiger partial charge in [0.15, 0.2) is 0 Å². The van der Waals surface area contributed by atoms with Crippen LogP contribution in [0.5, 0.6) is 0 Å². The molecule has 0 spiro atoms. The first kappa shape index (κ1) is 56.5. The molecule has 0 aromatic heterocycles. The molecule has 0 radical (unpaired) electrons. The van der Waals surface area contributed by atoms with E-state index in [0.717, 1.165) is 0 Å². The van der Waals surface area contributed by atoms with E-state index in [1.165, 1.54) is 0 Å². The Bertz CT molecular complexity index is 1040. The molecule has 18 N–H and O–H groups in total. The van der Waals surface area contributed by atoms with Gasteiger partial charge in [-0.1, -0.05) is 0 Å². The van der Waals surface area contributed by atoms with Gasteiger partial charge in [-0.2, -0.15) is 50.5 Å². The lowest BCUT2D eigenvalue weighted by Gasteiger charge is -2.23. The second kappa shape index (κ2) is 25.1. The van der Waals surface area contributed by atoms with Crippen molar-refractivity contribution < 1.29 is 130 Å². The molecular weight excluding hydrogens is 742 g/mol. The predicted molar refractivity (Wildman–Crippen MR) is 124 cm³/mol. The maximum Gasteiger partial charge on any atom is 0.394 e. The fourth-order valence-corrected chi connectivity index (χ4v) is 0.644. The van der Waals surface area contributed by atoms with Crippen LogP contribution in [0.1, 0.15) is 0 Å². The summed E-state index contributed by atoms with van der Waals surface area (Å²) in [6, 6.07) is -1.26. The summed E-state index contributed by atoms with van der Waals surface area (Å²) in [7, 11) is -28.0. The van der Waals surface area contributed by atoms with Crippen LogP contribution in [0.2, 0.25) is 0 Å². The fraction of sp³-hybridized carbons (Fsp3) is 0.833. The van der Waals surface area contributed by atoms with Gasteiger partial charge in [0.05, 0.1) is 12.6 Å². The van der Waals surface area contributed by atoms with Crippen LogP contribution >= 0.6 is 0 Å². The standard InChI is InChI=1S/C6H13NO5.6H2O4S/c7-3(1-8)5(11)6(12)4(10)2-9;6*1-5(2,3)4/h1,3-6,9-12H,2,7H2;6*(H2,1,2,3,4)/t3-,4+,5+,6-;;;;;;/m0....../s1. The van der Waals surface area contributed by atoms with Gasteiger partial charge in [0.1, 0.15) is 24.6 Å². The third-order valence-corrected chi connectivity index (χ3v) is 1.48. The molecule has 264 valence electrons. The third-order valence-electron chi connectivity index (χ3n) is 1.48. The molecule has 36 heteroatoms. The number of hydrogen-bond donors (Lipinski definition) is 17. The number of carbonyl (C=O) groups excluding carboxylic acids is 1. The predicted octanol–water partition coefficient (Wildman–Crippen LogP) is -7.33. The molecule has 42 heavy (non-hydrogen) atoms. The van der Waals surface area contributed by atoms with Crippen LogP contribution in [-0.4, -0.2) is 163 Å². The quantitative estimate of drug-likeness (QED) is 0.0912. The lowest BCUT2D eigenvalue weighted by atomic mass is 10.0. The summed E-state index contributed by atoms with van der Waals surface area (Å²) < 4.78 is 190. The zero-order chi connectivity index (χ0) is 36.7. The Labute approximate surface area is 235 Å². The first-order chi connectivity index (χ1) is 17.5. The van der Waals surface area contributed by atoms with Gasteiger partial charge in [0.2, 0.25) is 0 Å². The first-order valence-electron chi connectivity index (χ1n) is 7.59. The van der Waals surface area contributed by atoms with Gasteiger partial charge in [0, 0.05) is 0 Å². The van der Waals surface area contributed by atoms with Crippen LogP contribution in [-0.2, 0) is 67.2 Å². The average molecular weight is 768 g/mol. The number of hydrogen-bond acceptors (Lipinski definition) is 18. The van der Waals surface area contributed by atoms with Crippen LogP contribution < -0.4 is 5.73 Å². The van der Waals surface area contributed by atoms with Crippen molar-refractivity contribution in [3.63, 3.8) is 0 Å². The monoisotopic (exact) mass is 767 g/mol. The number of aliphatic hydroxyl groups excluding tert-OH is 4. The van der Waals surface area contributed by atoms with Crippen molar-refractivity contribution in [2.75, 3.05) is 6.61 Å². The molecule has 0 rings (SSSR count). The number of nitrogens with two attached hydrogens (primary N) is 1. The highest BCUT2D eigenvalue weighted by molar-refractivity contribution is 7.81. The van der Waals surface area contributed by atoms with Crippen molar-refractivity contribution in [3.8, 4) is 0 Å². The van der Waals surface area contributed by atoms with Crippen LogP contribution in [0.4, 0.5) is 0 Å². The molecule has 4 atom stereocenters. The summed E-state index contributed by atoms with van der Waals surface area (Å²) in [6.07, 6.45) is -4.43. The van der Waals surface area contributed by atoms with Gasteiger partial charge in [0.25, 0.3) is 0 Å². The van der Waals surface area contributed by atoms with E-state index in [-0.39, 0.29) is 6.29 Å². The number of aliphatic hydroxyl groups is 4.